The van der Waals surface area contributed by atoms with Crippen LogP contribution in [0.25, 0.3) is 0 Å². The normalized spacial score (nSPS) is 18.1. The second kappa shape index (κ2) is 9.29. The minimum absolute atomic E-state index is 0. The van der Waals surface area contributed by atoms with E-state index in [9.17, 15) is 4.79 Å². The lowest BCUT2D eigenvalue weighted by Crippen LogP contribution is -2.51. The third kappa shape index (κ3) is 4.81. The first kappa shape index (κ1) is 21.1. The smallest absolute Gasteiger partial charge is 0.243 e. The zero-order chi connectivity index (χ0) is 14.7. The topological polar surface area (TPSA) is 88.5 Å². The quantitative estimate of drug-likeness (QED) is 0.869. The summed E-state index contributed by atoms with van der Waals surface area (Å²) >= 11 is 0. The Morgan fingerprint density at radius 3 is 2.32 bits per heavy atom. The Labute approximate surface area is 143 Å². The van der Waals surface area contributed by atoms with Crippen LogP contribution in [0.2, 0.25) is 0 Å². The van der Waals surface area contributed by atoms with Gasteiger partial charge in [-0.15, -0.1) is 24.8 Å². The number of nitrogens with zero attached hydrogens (tertiary/aromatic N) is 4. The highest BCUT2D eigenvalue weighted by atomic mass is 35.5. The maximum absolute atomic E-state index is 12.1. The Morgan fingerprint density at radius 1 is 1.27 bits per heavy atom. The maximum Gasteiger partial charge on any atom is 0.243 e. The molecule has 1 aliphatic rings. The minimum Gasteiger partial charge on any atom is -0.340 e. The predicted octanol–water partition coefficient (Wildman–Crippen LogP) is 1.02. The van der Waals surface area contributed by atoms with Crippen molar-refractivity contribution in [3.05, 3.63) is 11.7 Å². The molecule has 9 heteroatoms. The fraction of sp³-hybridized carbons (Fsp3) is 0.769. The standard InChI is InChI=1S/C13H23N5O2.2ClH/c1-9(8-14)13(19)18-6-4-17(5-7-18)10(2)12-15-11(3)16-20-12;;/h9-10H,4-8,14H2,1-3H3;2*1H. The largest absolute Gasteiger partial charge is 0.340 e. The molecule has 0 radical (unpaired) electrons. The molecule has 2 rings (SSSR count). The molecule has 22 heavy (non-hydrogen) atoms. The van der Waals surface area contributed by atoms with Crippen molar-refractivity contribution in [3.63, 3.8) is 0 Å². The highest BCUT2D eigenvalue weighted by Crippen LogP contribution is 2.20. The van der Waals surface area contributed by atoms with Crippen molar-refractivity contribution < 1.29 is 9.32 Å². The van der Waals surface area contributed by atoms with E-state index in [1.165, 1.54) is 0 Å². The molecule has 1 aliphatic heterocycles. The number of nitrogens with two attached hydrogens (primary N) is 1. The van der Waals surface area contributed by atoms with Crippen LogP contribution < -0.4 is 5.73 Å². The monoisotopic (exact) mass is 353 g/mol. The van der Waals surface area contributed by atoms with E-state index in [1.54, 1.807) is 0 Å². The van der Waals surface area contributed by atoms with Gasteiger partial charge in [-0.05, 0) is 13.8 Å². The summed E-state index contributed by atoms with van der Waals surface area (Å²) < 4.78 is 5.21. The van der Waals surface area contributed by atoms with Crippen LogP contribution >= 0.6 is 24.8 Å². The lowest BCUT2D eigenvalue weighted by Gasteiger charge is -2.37. The Bertz CT molecular complexity index is 463. The van der Waals surface area contributed by atoms with Crippen molar-refractivity contribution >= 4 is 30.7 Å². The first-order valence-corrected chi connectivity index (χ1v) is 7.06. The number of hydrogen-bond acceptors (Lipinski definition) is 6. The number of carbonyl (C=O) groups excluding carboxylic acids is 1. The van der Waals surface area contributed by atoms with Gasteiger partial charge in [-0.1, -0.05) is 12.1 Å². The molecule has 1 aromatic rings. The van der Waals surface area contributed by atoms with Crippen LogP contribution in [0.4, 0.5) is 0 Å². The molecule has 1 amide bonds. The van der Waals surface area contributed by atoms with Crippen LogP contribution in [0.5, 0.6) is 0 Å². The lowest BCUT2D eigenvalue weighted by atomic mass is 10.1. The zero-order valence-electron chi connectivity index (χ0n) is 13.2. The van der Waals surface area contributed by atoms with E-state index in [4.69, 9.17) is 10.3 Å². The number of hydrogen-bond donors (Lipinski definition) is 1. The van der Waals surface area contributed by atoms with E-state index in [1.807, 2.05) is 25.7 Å². The molecule has 0 aliphatic carbocycles. The van der Waals surface area contributed by atoms with Gasteiger partial charge in [0.15, 0.2) is 5.82 Å². The molecular formula is C13H25Cl2N5O2. The first-order valence-electron chi connectivity index (χ1n) is 7.06. The summed E-state index contributed by atoms with van der Waals surface area (Å²) in [5.74, 6) is 1.33. The SMILES string of the molecule is Cc1noc(C(C)N2CCN(C(=O)C(C)CN)CC2)n1.Cl.Cl. The van der Waals surface area contributed by atoms with Crippen molar-refractivity contribution in [1.82, 2.24) is 19.9 Å². The van der Waals surface area contributed by atoms with Crippen LogP contribution in [-0.4, -0.2) is 58.6 Å². The van der Waals surface area contributed by atoms with Gasteiger partial charge in [0, 0.05) is 38.6 Å². The number of rotatable bonds is 4. The van der Waals surface area contributed by atoms with E-state index < -0.39 is 0 Å². The van der Waals surface area contributed by atoms with E-state index in [-0.39, 0.29) is 42.7 Å². The Balaban J connectivity index is 0.00000220. The molecule has 2 atom stereocenters. The number of aromatic nitrogens is 2. The molecule has 2 N–H and O–H groups in total. The van der Waals surface area contributed by atoms with Crippen molar-refractivity contribution in [2.75, 3.05) is 32.7 Å². The summed E-state index contributed by atoms with van der Waals surface area (Å²) in [6.07, 6.45) is 0. The average Bonchev–Trinajstić information content (AvgIpc) is 2.91. The molecule has 0 bridgehead atoms. The van der Waals surface area contributed by atoms with Gasteiger partial charge in [0.1, 0.15) is 0 Å². The molecule has 128 valence electrons. The predicted molar refractivity (Wildman–Crippen MR) is 88.3 cm³/mol. The van der Waals surface area contributed by atoms with Crippen LogP contribution in [0.1, 0.15) is 31.6 Å². The van der Waals surface area contributed by atoms with Crippen molar-refractivity contribution in [2.24, 2.45) is 11.7 Å². The number of carbonyl (C=O) groups is 1. The van der Waals surface area contributed by atoms with Gasteiger partial charge in [-0.2, -0.15) is 4.98 Å². The summed E-state index contributed by atoms with van der Waals surface area (Å²) in [6, 6.07) is 0.0837. The van der Waals surface area contributed by atoms with Crippen molar-refractivity contribution in [2.45, 2.75) is 26.8 Å². The highest BCUT2D eigenvalue weighted by Gasteiger charge is 2.28. The van der Waals surface area contributed by atoms with Crippen molar-refractivity contribution in [3.8, 4) is 0 Å². The van der Waals surface area contributed by atoms with Gasteiger partial charge in [-0.3, -0.25) is 9.69 Å². The fourth-order valence-corrected chi connectivity index (χ4v) is 2.38. The summed E-state index contributed by atoms with van der Waals surface area (Å²) in [4.78, 5) is 20.5. The van der Waals surface area contributed by atoms with Crippen LogP contribution in [0.15, 0.2) is 4.52 Å². The van der Waals surface area contributed by atoms with Gasteiger partial charge in [-0.25, -0.2) is 0 Å². The average molecular weight is 354 g/mol. The molecule has 1 aromatic heterocycles. The van der Waals surface area contributed by atoms with Gasteiger partial charge < -0.3 is 15.2 Å². The molecule has 1 fully saturated rings. The number of piperazine rings is 1. The molecule has 2 unspecified atom stereocenters. The van der Waals surface area contributed by atoms with Crippen LogP contribution in [0.3, 0.4) is 0 Å². The Kier molecular flexibility index (Phi) is 8.92. The van der Waals surface area contributed by atoms with Gasteiger partial charge in [0.25, 0.3) is 0 Å². The van der Waals surface area contributed by atoms with Gasteiger partial charge in [0.05, 0.1) is 6.04 Å². The van der Waals surface area contributed by atoms with E-state index >= 15 is 0 Å². The molecule has 1 saturated heterocycles. The first-order chi connectivity index (χ1) is 9.52. The van der Waals surface area contributed by atoms with Crippen LogP contribution in [0, 0.1) is 12.8 Å². The highest BCUT2D eigenvalue weighted by molar-refractivity contribution is 5.85. The lowest BCUT2D eigenvalue weighted by molar-refractivity contribution is -0.136. The van der Waals surface area contributed by atoms with Crippen LogP contribution in [-0.2, 0) is 4.79 Å². The second-order valence-electron chi connectivity index (χ2n) is 5.35. The van der Waals surface area contributed by atoms with Gasteiger partial charge in [0.2, 0.25) is 11.8 Å². The molecule has 0 saturated carbocycles. The Morgan fingerprint density at radius 2 is 1.86 bits per heavy atom. The van der Waals surface area contributed by atoms with E-state index in [0.717, 1.165) is 26.2 Å². The molecule has 7 nitrogen and oxygen atoms in total. The van der Waals surface area contributed by atoms with E-state index in [0.29, 0.717) is 18.3 Å². The van der Waals surface area contributed by atoms with Crippen molar-refractivity contribution in [1.29, 1.82) is 0 Å². The molecule has 0 aromatic carbocycles. The zero-order valence-corrected chi connectivity index (χ0v) is 14.8. The second-order valence-corrected chi connectivity index (χ2v) is 5.35. The summed E-state index contributed by atoms with van der Waals surface area (Å²) in [6.45, 7) is 9.20. The summed E-state index contributed by atoms with van der Waals surface area (Å²) in [7, 11) is 0. The Hall–Kier alpha value is -0.890. The maximum atomic E-state index is 12.1. The third-order valence-electron chi connectivity index (χ3n) is 3.85. The summed E-state index contributed by atoms with van der Waals surface area (Å²) in [5, 5.41) is 3.82. The molecular weight excluding hydrogens is 329 g/mol. The number of aryl methyl sites for hydroxylation is 1. The molecule has 0 spiro atoms. The summed E-state index contributed by atoms with van der Waals surface area (Å²) in [5.41, 5.74) is 5.55. The van der Waals surface area contributed by atoms with E-state index in [2.05, 4.69) is 15.0 Å². The fourth-order valence-electron chi connectivity index (χ4n) is 2.38. The number of amides is 1. The number of halogens is 2. The van der Waals surface area contributed by atoms with Gasteiger partial charge >= 0.3 is 0 Å². The molecule has 2 heterocycles. The third-order valence-corrected chi connectivity index (χ3v) is 3.85. The minimum atomic E-state index is -0.0995.